The van der Waals surface area contributed by atoms with E-state index in [0.717, 1.165) is 12.8 Å². The molecule has 0 aliphatic heterocycles. The number of allylic oxidation sites excluding steroid dienone is 2. The Balaban J connectivity index is 2.40. The highest BCUT2D eigenvalue weighted by molar-refractivity contribution is 5.90. The number of ether oxygens (including phenoxy) is 1. The van der Waals surface area contributed by atoms with Crippen molar-refractivity contribution in [3.05, 3.63) is 29.5 Å². The summed E-state index contributed by atoms with van der Waals surface area (Å²) in [5, 5.41) is 9.49. The molecule has 0 spiro atoms. The molecule has 0 amide bonds. The van der Waals surface area contributed by atoms with E-state index in [2.05, 4.69) is 11.9 Å². The molecule has 0 radical (unpaired) electrons. The summed E-state index contributed by atoms with van der Waals surface area (Å²) >= 11 is 0. The van der Waals surface area contributed by atoms with Gasteiger partial charge in [0.15, 0.2) is 6.29 Å². The first-order chi connectivity index (χ1) is 12.4. The highest BCUT2D eigenvalue weighted by Crippen LogP contribution is 2.38. The largest absolute Gasteiger partial charge is 0.478 e. The van der Waals surface area contributed by atoms with Gasteiger partial charge in [-0.2, -0.15) is 0 Å². The third-order valence-corrected chi connectivity index (χ3v) is 4.74. The molecule has 1 fully saturated rings. The number of methoxy groups -OCH3 is 1. The molecule has 142 valence electrons. The number of carboxylic acid groups (broad SMARTS) is 1. The maximum absolute atomic E-state index is 11.6. The number of hydrogen-bond acceptors (Lipinski definition) is 6. The van der Waals surface area contributed by atoms with Crippen LogP contribution in [-0.2, 0) is 9.53 Å². The summed E-state index contributed by atoms with van der Waals surface area (Å²) in [7, 11) is 3.49. The number of carbonyl (C=O) groups is 2. The Bertz CT molecular complexity index is 689. The topological polar surface area (TPSA) is 83.0 Å². The predicted octanol–water partition coefficient (Wildman–Crippen LogP) is 2.43. The Morgan fingerprint density at radius 1 is 1.42 bits per heavy atom. The number of carboxylic acids is 1. The van der Waals surface area contributed by atoms with Gasteiger partial charge in [-0.3, -0.25) is 4.79 Å². The van der Waals surface area contributed by atoms with Gasteiger partial charge in [0.1, 0.15) is 11.6 Å². The summed E-state index contributed by atoms with van der Waals surface area (Å²) in [6, 6.07) is 3.06. The molecule has 26 heavy (non-hydrogen) atoms. The van der Waals surface area contributed by atoms with Gasteiger partial charge in [-0.15, -0.1) is 0 Å². The Morgan fingerprint density at radius 3 is 2.58 bits per heavy atom. The standard InChI is InChI=1S/C19H27N3O4/c1-5-16(12-23)22(6-7-26-4)18-10-14(19(24)25)9-17(20-18)21(3)11-15-8-13(15)2/h5,9-10,12-13,15H,6-8,11H2,1-4H3,(H,24,25)/b16-5-. The van der Waals surface area contributed by atoms with E-state index in [1.54, 1.807) is 31.1 Å². The van der Waals surface area contributed by atoms with Crippen molar-refractivity contribution in [1.82, 2.24) is 4.98 Å². The molecule has 1 aliphatic rings. The molecule has 2 unspecified atom stereocenters. The number of rotatable bonds is 10. The molecule has 1 aromatic heterocycles. The zero-order chi connectivity index (χ0) is 19.3. The van der Waals surface area contributed by atoms with Crippen molar-refractivity contribution in [2.45, 2.75) is 20.3 Å². The fourth-order valence-corrected chi connectivity index (χ4v) is 2.90. The van der Waals surface area contributed by atoms with Crippen LogP contribution >= 0.6 is 0 Å². The lowest BCUT2D eigenvalue weighted by Gasteiger charge is -2.26. The maximum Gasteiger partial charge on any atom is 0.335 e. The number of aldehydes is 1. The van der Waals surface area contributed by atoms with Gasteiger partial charge in [-0.25, -0.2) is 9.78 Å². The summed E-state index contributed by atoms with van der Waals surface area (Å²) < 4.78 is 5.12. The van der Waals surface area contributed by atoms with Gasteiger partial charge in [-0.05, 0) is 37.3 Å². The zero-order valence-electron chi connectivity index (χ0n) is 15.8. The van der Waals surface area contributed by atoms with Crippen LogP contribution in [0.1, 0.15) is 30.6 Å². The molecule has 0 aromatic carbocycles. The van der Waals surface area contributed by atoms with Crippen molar-refractivity contribution in [1.29, 1.82) is 0 Å². The SMILES string of the molecule is C/C=C(/C=O)N(CCOC)c1cc(C(=O)O)cc(N(C)CC2CC2C)n1. The van der Waals surface area contributed by atoms with E-state index in [4.69, 9.17) is 4.74 Å². The van der Waals surface area contributed by atoms with E-state index in [1.165, 1.54) is 12.5 Å². The molecule has 1 heterocycles. The second kappa shape index (κ2) is 8.80. The molecule has 1 N–H and O–H groups in total. The van der Waals surface area contributed by atoms with Gasteiger partial charge in [0.25, 0.3) is 0 Å². The van der Waals surface area contributed by atoms with Gasteiger partial charge in [0.05, 0.1) is 17.9 Å². The molecular weight excluding hydrogens is 334 g/mol. The molecular formula is C19H27N3O4. The lowest BCUT2D eigenvalue weighted by atomic mass is 10.2. The van der Waals surface area contributed by atoms with Crippen LogP contribution in [0.2, 0.25) is 0 Å². The van der Waals surface area contributed by atoms with E-state index in [-0.39, 0.29) is 5.56 Å². The van der Waals surface area contributed by atoms with Crippen molar-refractivity contribution in [3.63, 3.8) is 0 Å². The van der Waals surface area contributed by atoms with Gasteiger partial charge < -0.3 is 19.6 Å². The van der Waals surface area contributed by atoms with E-state index in [9.17, 15) is 14.7 Å². The summed E-state index contributed by atoms with van der Waals surface area (Å²) in [5.74, 6) is 1.30. The Labute approximate surface area is 154 Å². The molecule has 7 heteroatoms. The second-order valence-corrected chi connectivity index (χ2v) is 6.71. The van der Waals surface area contributed by atoms with Gasteiger partial charge in [0.2, 0.25) is 0 Å². The normalized spacial score (nSPS) is 19.2. The van der Waals surface area contributed by atoms with Crippen LogP contribution < -0.4 is 9.80 Å². The fraction of sp³-hybridized carbons (Fsp3) is 0.526. The first-order valence-electron chi connectivity index (χ1n) is 8.75. The van der Waals surface area contributed by atoms with Crippen LogP contribution in [0.5, 0.6) is 0 Å². The Kier molecular flexibility index (Phi) is 6.74. The number of anilines is 2. The summed E-state index contributed by atoms with van der Waals surface area (Å²) in [6.45, 7) is 5.58. The molecule has 0 bridgehead atoms. The van der Waals surface area contributed by atoms with Crippen LogP contribution in [0.3, 0.4) is 0 Å². The minimum atomic E-state index is -1.03. The van der Waals surface area contributed by atoms with E-state index < -0.39 is 5.97 Å². The van der Waals surface area contributed by atoms with Gasteiger partial charge in [-0.1, -0.05) is 13.0 Å². The average molecular weight is 361 g/mol. The van der Waals surface area contributed by atoms with Crippen LogP contribution in [0.4, 0.5) is 11.6 Å². The number of carbonyl (C=O) groups excluding carboxylic acids is 1. The number of aromatic nitrogens is 1. The number of hydrogen-bond donors (Lipinski definition) is 1. The fourth-order valence-electron chi connectivity index (χ4n) is 2.90. The highest BCUT2D eigenvalue weighted by atomic mass is 16.5. The summed E-state index contributed by atoms with van der Waals surface area (Å²) in [6.07, 6.45) is 3.59. The number of pyridine rings is 1. The molecule has 0 saturated heterocycles. The first-order valence-corrected chi connectivity index (χ1v) is 8.75. The highest BCUT2D eigenvalue weighted by Gasteiger charge is 2.33. The van der Waals surface area contributed by atoms with E-state index in [0.29, 0.717) is 42.3 Å². The van der Waals surface area contributed by atoms with Crippen LogP contribution in [0.25, 0.3) is 0 Å². The van der Waals surface area contributed by atoms with Crippen LogP contribution in [0.15, 0.2) is 23.9 Å². The van der Waals surface area contributed by atoms with Gasteiger partial charge in [0, 0.05) is 27.2 Å². The van der Waals surface area contributed by atoms with Crippen molar-refractivity contribution in [2.75, 3.05) is 43.7 Å². The molecule has 2 rings (SSSR count). The van der Waals surface area contributed by atoms with Crippen molar-refractivity contribution < 1.29 is 19.4 Å². The van der Waals surface area contributed by atoms with E-state index in [1.807, 2.05) is 11.9 Å². The third-order valence-electron chi connectivity index (χ3n) is 4.74. The quantitative estimate of drug-likeness (QED) is 0.506. The smallest absolute Gasteiger partial charge is 0.335 e. The molecule has 2 atom stereocenters. The first kappa shape index (κ1) is 19.9. The van der Waals surface area contributed by atoms with Gasteiger partial charge >= 0.3 is 5.97 Å². The number of aromatic carboxylic acids is 1. The van der Waals surface area contributed by atoms with E-state index >= 15 is 0 Å². The van der Waals surface area contributed by atoms with Crippen molar-refractivity contribution in [3.8, 4) is 0 Å². The Morgan fingerprint density at radius 2 is 2.08 bits per heavy atom. The molecule has 7 nitrogen and oxygen atoms in total. The van der Waals surface area contributed by atoms with Crippen molar-refractivity contribution >= 4 is 23.9 Å². The maximum atomic E-state index is 11.6. The lowest BCUT2D eigenvalue weighted by molar-refractivity contribution is -0.105. The van der Waals surface area contributed by atoms with Crippen LogP contribution in [0, 0.1) is 11.8 Å². The molecule has 1 saturated carbocycles. The minimum Gasteiger partial charge on any atom is -0.478 e. The second-order valence-electron chi connectivity index (χ2n) is 6.71. The number of nitrogens with zero attached hydrogens (tertiary/aromatic N) is 3. The summed E-state index contributed by atoms with van der Waals surface area (Å²) in [5.41, 5.74) is 0.561. The lowest BCUT2D eigenvalue weighted by Crippen LogP contribution is -2.29. The monoisotopic (exact) mass is 361 g/mol. The molecule has 1 aromatic rings. The zero-order valence-corrected chi connectivity index (χ0v) is 15.8. The Hall–Kier alpha value is -2.41. The third kappa shape index (κ3) is 4.82. The van der Waals surface area contributed by atoms with Crippen molar-refractivity contribution in [2.24, 2.45) is 11.8 Å². The molecule has 1 aliphatic carbocycles. The average Bonchev–Trinajstić information content (AvgIpc) is 3.32. The van der Waals surface area contributed by atoms with Crippen LogP contribution in [-0.4, -0.2) is 56.2 Å². The minimum absolute atomic E-state index is 0.143. The predicted molar refractivity (Wildman–Crippen MR) is 101 cm³/mol. The summed E-state index contributed by atoms with van der Waals surface area (Å²) in [4.78, 5) is 31.3.